The second-order valence-electron chi connectivity index (χ2n) is 10.2. The normalized spacial score (nSPS) is 51.6. The molecule has 140 valence electrons. The zero-order valence-electron chi connectivity index (χ0n) is 16.1. The third kappa shape index (κ3) is 2.37. The smallest absolute Gasteiger partial charge is 0.302 e. The van der Waals surface area contributed by atoms with Crippen molar-refractivity contribution >= 4 is 5.97 Å². The highest BCUT2D eigenvalue weighted by molar-refractivity contribution is 5.65. The Kier molecular flexibility index (Phi) is 3.92. The largest absolute Gasteiger partial charge is 0.465 e. The van der Waals surface area contributed by atoms with Crippen molar-refractivity contribution in [3.63, 3.8) is 0 Å². The van der Waals surface area contributed by atoms with Crippen LogP contribution in [0.5, 0.6) is 0 Å². The number of hydrogen-bond donors (Lipinski definition) is 1. The van der Waals surface area contributed by atoms with E-state index in [9.17, 15) is 9.90 Å². The summed E-state index contributed by atoms with van der Waals surface area (Å²) in [4.78, 5) is 11.4. The number of hydrogen-bond acceptors (Lipinski definition) is 3. The van der Waals surface area contributed by atoms with Gasteiger partial charge in [-0.2, -0.15) is 0 Å². The molecule has 1 N–H and O–H groups in total. The van der Waals surface area contributed by atoms with Crippen molar-refractivity contribution in [2.75, 3.05) is 6.61 Å². The van der Waals surface area contributed by atoms with Crippen molar-refractivity contribution in [1.29, 1.82) is 0 Å². The van der Waals surface area contributed by atoms with Crippen LogP contribution in [0.1, 0.15) is 72.1 Å². The molecule has 0 radical (unpaired) electrons. The molecule has 0 aromatic rings. The van der Waals surface area contributed by atoms with Gasteiger partial charge in [0.05, 0.1) is 12.7 Å². The molecule has 0 aromatic carbocycles. The Balaban J connectivity index is 1.69. The fourth-order valence-corrected chi connectivity index (χ4v) is 7.83. The van der Waals surface area contributed by atoms with Gasteiger partial charge in [0.15, 0.2) is 0 Å². The summed E-state index contributed by atoms with van der Waals surface area (Å²) in [7, 11) is 0. The number of allylic oxidation sites excluding steroid dienone is 1. The molecule has 4 fully saturated rings. The van der Waals surface area contributed by atoms with E-state index in [0.29, 0.717) is 24.4 Å². The van der Waals surface area contributed by atoms with E-state index in [0.717, 1.165) is 25.7 Å². The average molecular weight is 347 g/mol. The molecule has 7 atom stereocenters. The van der Waals surface area contributed by atoms with Crippen LogP contribution in [0.4, 0.5) is 0 Å². The summed E-state index contributed by atoms with van der Waals surface area (Å²) >= 11 is 0. The van der Waals surface area contributed by atoms with Gasteiger partial charge in [-0.25, -0.2) is 0 Å². The number of rotatable bonds is 2. The van der Waals surface area contributed by atoms with Gasteiger partial charge in [-0.05, 0) is 68.1 Å². The summed E-state index contributed by atoms with van der Waals surface area (Å²) in [5.74, 6) is 1.47. The van der Waals surface area contributed by atoms with Gasteiger partial charge >= 0.3 is 5.97 Å². The zero-order chi connectivity index (χ0) is 18.0. The fourth-order valence-electron chi connectivity index (χ4n) is 7.83. The maximum Gasteiger partial charge on any atom is 0.302 e. The fraction of sp³-hybridized carbons (Fsp3) is 0.864. The van der Waals surface area contributed by atoms with E-state index >= 15 is 0 Å². The summed E-state index contributed by atoms with van der Waals surface area (Å²) in [6, 6.07) is 0. The summed E-state index contributed by atoms with van der Waals surface area (Å²) in [6.45, 7) is 11.1. The number of ether oxygens (including phenoxy) is 1. The van der Waals surface area contributed by atoms with Crippen LogP contribution in [-0.2, 0) is 9.53 Å². The van der Waals surface area contributed by atoms with Gasteiger partial charge in [0.2, 0.25) is 0 Å². The van der Waals surface area contributed by atoms with E-state index in [1.54, 1.807) is 0 Å². The minimum absolute atomic E-state index is 0.00623. The van der Waals surface area contributed by atoms with Crippen LogP contribution < -0.4 is 0 Å². The van der Waals surface area contributed by atoms with Crippen LogP contribution >= 0.6 is 0 Å². The zero-order valence-corrected chi connectivity index (χ0v) is 16.1. The van der Waals surface area contributed by atoms with Gasteiger partial charge in [0.25, 0.3) is 0 Å². The lowest BCUT2D eigenvalue weighted by atomic mass is 9.40. The monoisotopic (exact) mass is 346 g/mol. The predicted octanol–water partition coefficient (Wildman–Crippen LogP) is 4.49. The van der Waals surface area contributed by atoms with Crippen LogP contribution in [0.25, 0.3) is 0 Å². The number of aliphatic hydroxyl groups excluding tert-OH is 1. The maximum absolute atomic E-state index is 11.4. The van der Waals surface area contributed by atoms with E-state index in [2.05, 4.69) is 20.4 Å². The number of fused-ring (bicyclic) bond motifs is 3. The Morgan fingerprint density at radius 1 is 1.28 bits per heavy atom. The lowest BCUT2D eigenvalue weighted by molar-refractivity contribution is -0.208. The molecule has 4 aliphatic carbocycles. The molecule has 4 rings (SSSR count). The molecule has 4 saturated carbocycles. The van der Waals surface area contributed by atoms with Gasteiger partial charge in [0.1, 0.15) is 0 Å². The van der Waals surface area contributed by atoms with E-state index < -0.39 is 0 Å². The van der Waals surface area contributed by atoms with Crippen LogP contribution in [0.2, 0.25) is 0 Å². The molecule has 3 nitrogen and oxygen atoms in total. The minimum atomic E-state index is -0.229. The number of carbonyl (C=O) groups is 1. The second-order valence-corrected chi connectivity index (χ2v) is 10.2. The van der Waals surface area contributed by atoms with Crippen molar-refractivity contribution in [1.82, 2.24) is 0 Å². The molecule has 0 unspecified atom stereocenters. The third-order valence-electron chi connectivity index (χ3n) is 8.88. The molecule has 0 aliphatic heterocycles. The summed E-state index contributed by atoms with van der Waals surface area (Å²) < 4.78 is 5.49. The van der Waals surface area contributed by atoms with Gasteiger partial charge in [-0.1, -0.05) is 32.4 Å². The van der Waals surface area contributed by atoms with E-state index in [1.165, 1.54) is 38.2 Å². The minimum Gasteiger partial charge on any atom is -0.465 e. The topological polar surface area (TPSA) is 46.5 Å². The van der Waals surface area contributed by atoms with Crippen molar-refractivity contribution in [3.05, 3.63) is 12.2 Å². The van der Waals surface area contributed by atoms with Gasteiger partial charge in [-0.15, -0.1) is 0 Å². The summed E-state index contributed by atoms with van der Waals surface area (Å²) in [5.41, 5.74) is 1.71. The van der Waals surface area contributed by atoms with E-state index in [-0.39, 0.29) is 28.3 Å². The lowest BCUT2D eigenvalue weighted by Crippen LogP contribution is -2.62. The first-order valence-electron chi connectivity index (χ1n) is 10.2. The molecule has 0 saturated heterocycles. The quantitative estimate of drug-likeness (QED) is 0.592. The Bertz CT molecular complexity index is 598. The van der Waals surface area contributed by atoms with Gasteiger partial charge in [-0.3, -0.25) is 4.79 Å². The number of carbonyl (C=O) groups excluding carboxylic acids is 1. The van der Waals surface area contributed by atoms with Gasteiger partial charge < -0.3 is 9.84 Å². The molecular formula is C22H34O3. The first-order valence-corrected chi connectivity index (χ1v) is 10.2. The molecule has 0 amide bonds. The molecule has 25 heavy (non-hydrogen) atoms. The highest BCUT2D eigenvalue weighted by atomic mass is 16.5. The van der Waals surface area contributed by atoms with Crippen molar-refractivity contribution < 1.29 is 14.6 Å². The Labute approximate surface area is 152 Å². The Hall–Kier alpha value is -0.830. The highest BCUT2D eigenvalue weighted by Gasteiger charge is 2.66. The Morgan fingerprint density at radius 3 is 2.76 bits per heavy atom. The maximum atomic E-state index is 11.4. The molecular weight excluding hydrogens is 312 g/mol. The van der Waals surface area contributed by atoms with Crippen molar-refractivity contribution in [2.24, 2.45) is 34.0 Å². The predicted molar refractivity (Wildman–Crippen MR) is 97.8 cm³/mol. The molecule has 0 heterocycles. The van der Waals surface area contributed by atoms with Crippen LogP contribution in [-0.4, -0.2) is 23.8 Å². The van der Waals surface area contributed by atoms with E-state index in [1.807, 2.05) is 0 Å². The molecule has 4 aliphatic rings. The summed E-state index contributed by atoms with van der Waals surface area (Å²) in [6.07, 6.45) is 8.87. The standard InChI is InChI=1S/C22H34O3/c1-14-11-22-12-16(14)6-7-17(22)21(4)9-5-8-20(3,13-25-15(2)23)18(21)10-19(22)24/h16-19,24H,1,5-13H2,2-4H3/t16-,17+,18+,19+,20-,21+,22+/m1/s1. The van der Waals surface area contributed by atoms with Crippen molar-refractivity contribution in [2.45, 2.75) is 78.2 Å². The first-order chi connectivity index (χ1) is 11.7. The van der Waals surface area contributed by atoms with Crippen molar-refractivity contribution in [3.8, 4) is 0 Å². The average Bonchev–Trinajstić information content (AvgIpc) is 2.79. The van der Waals surface area contributed by atoms with E-state index in [4.69, 9.17) is 4.74 Å². The molecule has 2 bridgehead atoms. The third-order valence-corrected chi connectivity index (χ3v) is 8.88. The first kappa shape index (κ1) is 17.6. The molecule has 3 heteroatoms. The Morgan fingerprint density at radius 2 is 2.04 bits per heavy atom. The van der Waals surface area contributed by atoms with Crippen LogP contribution in [0.15, 0.2) is 12.2 Å². The molecule has 1 spiro atoms. The second kappa shape index (κ2) is 5.58. The SMILES string of the molecule is C=C1C[C@]23C[C@H]1CC[C@H]2[C@]1(C)CCC[C@](C)(COC(C)=O)[C@@H]1C[C@@H]3O. The van der Waals surface area contributed by atoms with Crippen LogP contribution in [0.3, 0.4) is 0 Å². The highest BCUT2D eigenvalue weighted by Crippen LogP contribution is 2.72. The summed E-state index contributed by atoms with van der Waals surface area (Å²) in [5, 5.41) is 11.3. The molecule has 0 aromatic heterocycles. The lowest BCUT2D eigenvalue weighted by Gasteiger charge is -2.65. The van der Waals surface area contributed by atoms with Crippen LogP contribution in [0, 0.1) is 34.0 Å². The van der Waals surface area contributed by atoms with Gasteiger partial charge in [0, 0.05) is 17.8 Å². The number of aliphatic hydroxyl groups is 1. The number of esters is 1.